The summed E-state index contributed by atoms with van der Waals surface area (Å²) in [5.74, 6) is -0.103. The average Bonchev–Trinajstić information content (AvgIpc) is 2.91. The first-order valence-corrected chi connectivity index (χ1v) is 8.19. The molecule has 1 amide bonds. The van der Waals surface area contributed by atoms with Gasteiger partial charge in [-0.15, -0.1) is 0 Å². The predicted octanol–water partition coefficient (Wildman–Crippen LogP) is 2.61. The third-order valence-electron chi connectivity index (χ3n) is 4.07. The van der Waals surface area contributed by atoms with Gasteiger partial charge in [-0.05, 0) is 44.5 Å². The molecule has 2 rings (SSSR count). The fraction of sp³-hybridized carbons (Fsp3) is 0.368. The summed E-state index contributed by atoms with van der Waals surface area (Å²) in [6, 6.07) is 9.19. The van der Waals surface area contributed by atoms with Gasteiger partial charge in [0.25, 0.3) is 5.91 Å². The Kier molecular flexibility index (Phi) is 6.22. The minimum Gasteiger partial charge on any atom is -0.497 e. The van der Waals surface area contributed by atoms with Gasteiger partial charge in [0, 0.05) is 24.5 Å². The minimum atomic E-state index is -0.482. The van der Waals surface area contributed by atoms with Crippen molar-refractivity contribution in [2.45, 2.75) is 33.9 Å². The molecular formula is C19H24N2O4. The molecule has 25 heavy (non-hydrogen) atoms. The summed E-state index contributed by atoms with van der Waals surface area (Å²) in [7, 11) is 1.59. The van der Waals surface area contributed by atoms with Gasteiger partial charge in [-0.1, -0.05) is 12.1 Å². The third-order valence-corrected chi connectivity index (χ3v) is 4.07. The van der Waals surface area contributed by atoms with Crippen LogP contribution < -0.4 is 10.1 Å². The van der Waals surface area contributed by atoms with Crippen molar-refractivity contribution < 1.29 is 19.1 Å². The van der Waals surface area contributed by atoms with E-state index in [1.807, 2.05) is 49.6 Å². The molecule has 1 aromatic carbocycles. The number of aromatic nitrogens is 1. The number of esters is 1. The number of aryl methyl sites for hydroxylation is 1. The lowest BCUT2D eigenvalue weighted by molar-refractivity contribution is -0.124. The first kappa shape index (κ1) is 18.6. The van der Waals surface area contributed by atoms with Crippen molar-refractivity contribution in [1.82, 2.24) is 9.88 Å². The van der Waals surface area contributed by atoms with E-state index < -0.39 is 5.97 Å². The number of methoxy groups -OCH3 is 1. The van der Waals surface area contributed by atoms with Gasteiger partial charge in [-0.25, -0.2) is 4.79 Å². The minimum absolute atomic E-state index is 0.307. The molecule has 134 valence electrons. The summed E-state index contributed by atoms with van der Waals surface area (Å²) >= 11 is 0. The molecule has 2 aromatic rings. The molecule has 1 N–H and O–H groups in total. The first-order valence-electron chi connectivity index (χ1n) is 8.19. The highest BCUT2D eigenvalue weighted by atomic mass is 16.5. The monoisotopic (exact) mass is 344 g/mol. The van der Waals surface area contributed by atoms with Gasteiger partial charge in [0.15, 0.2) is 6.61 Å². The molecule has 1 aromatic heterocycles. The lowest BCUT2D eigenvalue weighted by Crippen LogP contribution is -2.28. The van der Waals surface area contributed by atoms with Crippen molar-refractivity contribution in [1.29, 1.82) is 0 Å². The average molecular weight is 344 g/mol. The van der Waals surface area contributed by atoms with Gasteiger partial charge in [0.2, 0.25) is 0 Å². The standard InChI is InChI=1S/C19H24N2O4/c1-5-21-13(2)9-17(14(21)3)19(23)25-12-18(22)20-11-15-7-6-8-16(10-15)24-4/h6-10H,5,11-12H2,1-4H3,(H,20,22). The van der Waals surface area contributed by atoms with E-state index in [2.05, 4.69) is 5.32 Å². The van der Waals surface area contributed by atoms with Crippen molar-refractivity contribution in [2.24, 2.45) is 0 Å². The van der Waals surface area contributed by atoms with Crippen LogP contribution in [-0.2, 0) is 22.6 Å². The normalized spacial score (nSPS) is 10.4. The van der Waals surface area contributed by atoms with Gasteiger partial charge in [-0.2, -0.15) is 0 Å². The lowest BCUT2D eigenvalue weighted by atomic mass is 10.2. The zero-order valence-electron chi connectivity index (χ0n) is 15.1. The van der Waals surface area contributed by atoms with Gasteiger partial charge in [0.1, 0.15) is 5.75 Å². The van der Waals surface area contributed by atoms with E-state index in [-0.39, 0.29) is 12.5 Å². The number of nitrogens with one attached hydrogen (secondary N) is 1. The Morgan fingerprint density at radius 1 is 1.20 bits per heavy atom. The molecule has 1 heterocycles. The zero-order chi connectivity index (χ0) is 18.4. The van der Waals surface area contributed by atoms with E-state index in [0.29, 0.717) is 12.1 Å². The molecular weight excluding hydrogens is 320 g/mol. The Balaban J connectivity index is 1.86. The second-order valence-electron chi connectivity index (χ2n) is 5.73. The molecule has 0 saturated carbocycles. The Morgan fingerprint density at radius 3 is 2.60 bits per heavy atom. The fourth-order valence-electron chi connectivity index (χ4n) is 2.74. The maximum atomic E-state index is 12.2. The van der Waals surface area contributed by atoms with Crippen LogP contribution in [0.5, 0.6) is 5.75 Å². The van der Waals surface area contributed by atoms with Crippen molar-refractivity contribution in [2.75, 3.05) is 13.7 Å². The third kappa shape index (κ3) is 4.62. The molecule has 6 nitrogen and oxygen atoms in total. The molecule has 6 heteroatoms. The van der Waals surface area contributed by atoms with Gasteiger partial charge in [0.05, 0.1) is 12.7 Å². The highest BCUT2D eigenvalue weighted by Gasteiger charge is 2.17. The van der Waals surface area contributed by atoms with E-state index in [1.165, 1.54) is 0 Å². The van der Waals surface area contributed by atoms with Crippen LogP contribution in [0.1, 0.15) is 34.2 Å². The van der Waals surface area contributed by atoms with Crippen LogP contribution in [0.2, 0.25) is 0 Å². The maximum Gasteiger partial charge on any atom is 0.340 e. The fourth-order valence-corrected chi connectivity index (χ4v) is 2.74. The maximum absolute atomic E-state index is 12.2. The van der Waals surface area contributed by atoms with Crippen LogP contribution in [0.25, 0.3) is 0 Å². The number of amides is 1. The summed E-state index contributed by atoms with van der Waals surface area (Å²) in [5.41, 5.74) is 3.25. The van der Waals surface area contributed by atoms with Crippen LogP contribution in [0.4, 0.5) is 0 Å². The van der Waals surface area contributed by atoms with Gasteiger partial charge >= 0.3 is 5.97 Å². The van der Waals surface area contributed by atoms with Crippen LogP contribution in [-0.4, -0.2) is 30.2 Å². The number of benzene rings is 1. The molecule has 0 spiro atoms. The molecule has 0 atom stereocenters. The largest absolute Gasteiger partial charge is 0.497 e. The van der Waals surface area contributed by atoms with E-state index in [4.69, 9.17) is 9.47 Å². The van der Waals surface area contributed by atoms with Crippen LogP contribution >= 0.6 is 0 Å². The molecule has 0 fully saturated rings. The molecule has 0 saturated heterocycles. The lowest BCUT2D eigenvalue weighted by Gasteiger charge is -2.08. The van der Waals surface area contributed by atoms with Crippen LogP contribution in [0.3, 0.4) is 0 Å². The summed E-state index contributed by atoms with van der Waals surface area (Å²) in [6.07, 6.45) is 0. The summed E-state index contributed by atoms with van der Waals surface area (Å²) in [4.78, 5) is 24.1. The number of carbonyl (C=O) groups is 2. The van der Waals surface area contributed by atoms with Crippen LogP contribution in [0, 0.1) is 13.8 Å². The van der Waals surface area contributed by atoms with Crippen molar-refractivity contribution >= 4 is 11.9 Å². The quantitative estimate of drug-likeness (QED) is 0.784. The number of hydrogen-bond donors (Lipinski definition) is 1. The van der Waals surface area contributed by atoms with Gasteiger partial charge < -0.3 is 19.4 Å². The molecule has 0 unspecified atom stereocenters. The highest BCUT2D eigenvalue weighted by molar-refractivity contribution is 5.92. The van der Waals surface area contributed by atoms with Crippen molar-refractivity contribution in [3.05, 3.63) is 52.8 Å². The second kappa shape index (κ2) is 8.37. The SMILES string of the molecule is CCn1c(C)cc(C(=O)OCC(=O)NCc2cccc(OC)c2)c1C. The number of nitrogens with zero attached hydrogens (tertiary/aromatic N) is 1. The first-order chi connectivity index (χ1) is 12.0. The molecule has 0 aliphatic heterocycles. The Labute approximate surface area is 147 Å². The Hall–Kier alpha value is -2.76. The summed E-state index contributed by atoms with van der Waals surface area (Å²) < 4.78 is 12.3. The van der Waals surface area contributed by atoms with Crippen molar-refractivity contribution in [3.63, 3.8) is 0 Å². The summed E-state index contributed by atoms with van der Waals surface area (Å²) in [5, 5.41) is 2.72. The van der Waals surface area contributed by atoms with E-state index in [9.17, 15) is 9.59 Å². The molecule has 0 bridgehead atoms. The van der Waals surface area contributed by atoms with Gasteiger partial charge in [-0.3, -0.25) is 4.79 Å². The number of ether oxygens (including phenoxy) is 2. The molecule has 0 radical (unpaired) electrons. The van der Waals surface area contributed by atoms with E-state index in [0.717, 1.165) is 29.2 Å². The highest BCUT2D eigenvalue weighted by Crippen LogP contribution is 2.16. The summed E-state index contributed by atoms with van der Waals surface area (Å²) in [6.45, 7) is 6.65. The Morgan fingerprint density at radius 2 is 1.96 bits per heavy atom. The van der Waals surface area contributed by atoms with Crippen LogP contribution in [0.15, 0.2) is 30.3 Å². The number of carbonyl (C=O) groups excluding carboxylic acids is 2. The number of rotatable bonds is 7. The number of hydrogen-bond acceptors (Lipinski definition) is 4. The van der Waals surface area contributed by atoms with Crippen molar-refractivity contribution in [3.8, 4) is 5.75 Å². The molecule has 0 aliphatic carbocycles. The predicted molar refractivity (Wildman–Crippen MR) is 94.7 cm³/mol. The van der Waals surface area contributed by atoms with E-state index in [1.54, 1.807) is 13.2 Å². The van der Waals surface area contributed by atoms with E-state index >= 15 is 0 Å². The Bertz CT molecular complexity index is 765. The second-order valence-corrected chi connectivity index (χ2v) is 5.73. The zero-order valence-corrected chi connectivity index (χ0v) is 15.1. The smallest absolute Gasteiger partial charge is 0.340 e. The molecule has 0 aliphatic rings. The topological polar surface area (TPSA) is 69.6 Å².